The summed E-state index contributed by atoms with van der Waals surface area (Å²) in [6.45, 7) is 3.71. The third-order valence-electron chi connectivity index (χ3n) is 5.31. The number of halogens is 2. The van der Waals surface area contributed by atoms with E-state index < -0.39 is 36.8 Å². The molecule has 0 radical (unpaired) electrons. The molecule has 1 aliphatic carbocycles. The van der Waals surface area contributed by atoms with Crippen LogP contribution in [-0.2, 0) is 23.0 Å². The molecule has 1 heterocycles. The van der Waals surface area contributed by atoms with Crippen LogP contribution >= 0.6 is 32.3 Å². The number of para-hydroxylation sites is 1. The van der Waals surface area contributed by atoms with Gasteiger partial charge in [0.2, 0.25) is 10.0 Å². The highest BCUT2D eigenvalue weighted by atomic mass is 127. The standard InChI is InChI=1S/C23H23ClIN3O4S/c1-15(29)14-28-21-8-5-7-20(17(21)13-26-28)27-33(30,31)16-10-11-23(19(12-16)25-2)32-22-9-4-3-6-18(22)24/h3-4,6,9-13,20,27,29H,1-2,5,7-8,14H2/t20-/m1/s1. The van der Waals surface area contributed by atoms with Crippen LogP contribution in [0, 0.1) is 3.57 Å². The van der Waals surface area contributed by atoms with Crippen molar-refractivity contribution in [2.75, 3.05) is 0 Å². The molecule has 0 aliphatic heterocycles. The molecular weight excluding hydrogens is 577 g/mol. The summed E-state index contributed by atoms with van der Waals surface area (Å²) in [5.41, 5.74) is 1.74. The van der Waals surface area contributed by atoms with Crippen molar-refractivity contribution in [2.24, 2.45) is 0 Å². The number of aliphatic hydroxyl groups is 1. The van der Waals surface area contributed by atoms with Gasteiger partial charge < -0.3 is 9.84 Å². The average molecular weight is 600 g/mol. The van der Waals surface area contributed by atoms with Gasteiger partial charge in [0.15, 0.2) is 0 Å². The number of hydrogen-bond donors (Lipinski definition) is 2. The van der Waals surface area contributed by atoms with Gasteiger partial charge in [-0.1, -0.05) is 55.6 Å². The molecule has 0 saturated heterocycles. The van der Waals surface area contributed by atoms with Gasteiger partial charge in [0.25, 0.3) is 0 Å². The van der Waals surface area contributed by atoms with Gasteiger partial charge in [0, 0.05) is 11.3 Å². The Hall–Kier alpha value is -2.21. The van der Waals surface area contributed by atoms with E-state index in [0.29, 0.717) is 22.9 Å². The molecular formula is C23H23ClIN3O4S. The third kappa shape index (κ3) is 5.32. The lowest BCUT2D eigenvalue weighted by Crippen LogP contribution is -2.31. The van der Waals surface area contributed by atoms with Crippen molar-refractivity contribution in [3.63, 3.8) is 0 Å². The Morgan fingerprint density at radius 1 is 1.30 bits per heavy atom. The van der Waals surface area contributed by atoms with Gasteiger partial charge in [0.05, 0.1) is 32.3 Å². The molecule has 3 aromatic rings. The highest BCUT2D eigenvalue weighted by Gasteiger charge is 2.29. The lowest BCUT2D eigenvalue weighted by Gasteiger charge is -2.24. The molecule has 0 spiro atoms. The lowest BCUT2D eigenvalue weighted by molar-refractivity contribution is 0.365. The van der Waals surface area contributed by atoms with E-state index in [1.54, 1.807) is 35.1 Å². The number of rotatable bonds is 8. The van der Waals surface area contributed by atoms with Crippen LogP contribution in [0.3, 0.4) is 0 Å². The Bertz CT molecular complexity index is 1320. The summed E-state index contributed by atoms with van der Waals surface area (Å²) in [7, 11) is -3.79. The zero-order valence-corrected chi connectivity index (χ0v) is 21.4. The summed E-state index contributed by atoms with van der Waals surface area (Å²) in [6, 6.07) is 11.5. The Labute approximate surface area is 207 Å². The van der Waals surface area contributed by atoms with E-state index in [9.17, 15) is 13.5 Å². The summed E-state index contributed by atoms with van der Waals surface area (Å²) < 4.78 is 41.7. The van der Waals surface area contributed by atoms with Crippen molar-refractivity contribution < 1.29 is 18.3 Å². The minimum Gasteiger partial charge on any atom is -0.511 e. The maximum atomic E-state index is 13.2. The zero-order valence-electron chi connectivity index (χ0n) is 17.7. The fourth-order valence-corrected chi connectivity index (χ4v) is 6.67. The SMILES string of the molecule is C=Ic1cc(S(=O)(=O)N[C@@H]2CCCc3c2cnn3CC(=C)O)ccc1Oc1ccccc1Cl. The molecule has 0 saturated carbocycles. The predicted molar refractivity (Wildman–Crippen MR) is 138 cm³/mol. The molecule has 0 unspecified atom stereocenters. The smallest absolute Gasteiger partial charge is 0.241 e. The maximum absolute atomic E-state index is 13.2. The number of benzene rings is 2. The van der Waals surface area contributed by atoms with Gasteiger partial charge >= 0.3 is 0 Å². The van der Waals surface area contributed by atoms with Crippen LogP contribution in [0.5, 0.6) is 11.5 Å². The molecule has 33 heavy (non-hydrogen) atoms. The molecule has 1 aromatic heterocycles. The largest absolute Gasteiger partial charge is 0.511 e. The fourth-order valence-electron chi connectivity index (χ4n) is 3.79. The van der Waals surface area contributed by atoms with E-state index in [4.69, 9.17) is 16.3 Å². The van der Waals surface area contributed by atoms with Gasteiger partial charge in [-0.25, -0.2) is 13.1 Å². The Morgan fingerprint density at radius 3 is 2.82 bits per heavy atom. The first-order valence-corrected chi connectivity index (χ1v) is 14.6. The van der Waals surface area contributed by atoms with E-state index in [-0.39, 0.29) is 17.2 Å². The molecule has 0 bridgehead atoms. The monoisotopic (exact) mass is 599 g/mol. The van der Waals surface area contributed by atoms with Gasteiger partial charge in [0.1, 0.15) is 17.3 Å². The Kier molecular flexibility index (Phi) is 7.22. The number of nitrogens with zero attached hydrogens (tertiary/aromatic N) is 2. The van der Waals surface area contributed by atoms with Gasteiger partial charge in [-0.2, -0.15) is 5.10 Å². The first kappa shape index (κ1) is 23.9. The van der Waals surface area contributed by atoms with E-state index in [1.165, 1.54) is 6.07 Å². The average Bonchev–Trinajstić information content (AvgIpc) is 3.18. The van der Waals surface area contributed by atoms with Crippen molar-refractivity contribution in [1.29, 1.82) is 0 Å². The highest BCUT2D eigenvalue weighted by Crippen LogP contribution is 2.35. The van der Waals surface area contributed by atoms with Crippen LogP contribution in [0.15, 0.2) is 65.9 Å². The van der Waals surface area contributed by atoms with E-state index in [0.717, 1.165) is 27.7 Å². The Balaban J connectivity index is 1.58. The minimum atomic E-state index is -3.79. The predicted octanol–water partition coefficient (Wildman–Crippen LogP) is 5.33. The first-order valence-electron chi connectivity index (χ1n) is 10.2. The number of nitrogens with one attached hydrogen (secondary N) is 1. The van der Waals surface area contributed by atoms with Gasteiger partial charge in [-0.3, -0.25) is 4.68 Å². The van der Waals surface area contributed by atoms with Crippen molar-refractivity contribution in [3.8, 4) is 11.5 Å². The fraction of sp³-hybridized carbons (Fsp3) is 0.217. The Morgan fingerprint density at radius 2 is 2.09 bits per heavy atom. The van der Waals surface area contributed by atoms with Crippen molar-refractivity contribution in [1.82, 2.24) is 14.5 Å². The van der Waals surface area contributed by atoms with E-state index >= 15 is 0 Å². The number of sulfonamides is 1. The van der Waals surface area contributed by atoms with Crippen LogP contribution < -0.4 is 9.46 Å². The molecule has 2 N–H and O–H groups in total. The summed E-state index contributed by atoms with van der Waals surface area (Å²) in [6.07, 6.45) is 3.91. The normalized spacial score (nSPS) is 15.7. The highest BCUT2D eigenvalue weighted by molar-refractivity contribution is 14.2. The van der Waals surface area contributed by atoms with Gasteiger partial charge in [-0.05, 0) is 49.6 Å². The van der Waals surface area contributed by atoms with Crippen LogP contribution in [0.1, 0.15) is 30.1 Å². The molecule has 0 amide bonds. The second kappa shape index (κ2) is 9.96. The van der Waals surface area contributed by atoms with Crippen LogP contribution in [0.4, 0.5) is 0 Å². The second-order valence-electron chi connectivity index (χ2n) is 7.59. The summed E-state index contributed by atoms with van der Waals surface area (Å²) in [5.74, 6) is 1.06. The number of fused-ring (bicyclic) bond motifs is 1. The summed E-state index contributed by atoms with van der Waals surface area (Å²) >= 11 is 5.48. The van der Waals surface area contributed by atoms with Crippen LogP contribution in [-0.4, -0.2) is 27.8 Å². The second-order valence-corrected chi connectivity index (χ2v) is 11.6. The minimum absolute atomic E-state index is 0.00621. The van der Waals surface area contributed by atoms with Crippen LogP contribution in [0.2, 0.25) is 5.02 Å². The first-order chi connectivity index (χ1) is 15.8. The molecule has 10 heteroatoms. The lowest BCUT2D eigenvalue weighted by atomic mass is 9.94. The molecule has 4 rings (SSSR count). The summed E-state index contributed by atoms with van der Waals surface area (Å²) in [4.78, 5) is 0.163. The topological polar surface area (TPSA) is 93.5 Å². The van der Waals surface area contributed by atoms with Crippen molar-refractivity contribution in [2.45, 2.75) is 36.7 Å². The maximum Gasteiger partial charge on any atom is 0.241 e. The number of aromatic nitrogens is 2. The zero-order chi connectivity index (χ0) is 23.6. The van der Waals surface area contributed by atoms with Crippen molar-refractivity contribution >= 4 is 46.9 Å². The van der Waals surface area contributed by atoms with E-state index in [2.05, 4.69) is 20.9 Å². The molecule has 1 aliphatic rings. The molecule has 174 valence electrons. The number of ether oxygens (including phenoxy) is 1. The number of aliphatic hydroxyl groups excluding tert-OH is 1. The van der Waals surface area contributed by atoms with Crippen LogP contribution in [0.25, 0.3) is 0 Å². The van der Waals surface area contributed by atoms with Crippen molar-refractivity contribution in [3.05, 3.63) is 80.8 Å². The molecule has 1 atom stereocenters. The molecule has 2 aromatic carbocycles. The molecule has 7 nitrogen and oxygen atoms in total. The van der Waals surface area contributed by atoms with Gasteiger partial charge in [-0.15, -0.1) is 0 Å². The number of hydrogen-bond acceptors (Lipinski definition) is 5. The molecule has 0 fully saturated rings. The summed E-state index contributed by atoms with van der Waals surface area (Å²) in [5, 5.41) is 14.3. The number of allylic oxidation sites excluding steroid dienone is 1. The quantitative estimate of drug-likeness (QED) is 0.270. The van der Waals surface area contributed by atoms with E-state index in [1.807, 2.05) is 12.1 Å². The third-order valence-corrected chi connectivity index (χ3v) is 8.75.